The second kappa shape index (κ2) is 9.32. The molecule has 0 unspecified atom stereocenters. The molecule has 1 fully saturated rings. The first-order chi connectivity index (χ1) is 13.5. The highest BCUT2D eigenvalue weighted by Gasteiger charge is 2.26. The van der Waals surface area contributed by atoms with Crippen LogP contribution >= 0.6 is 0 Å². The molecular weight excluding hydrogens is 358 g/mol. The molecule has 2 N–H and O–H groups in total. The van der Waals surface area contributed by atoms with E-state index in [1.807, 2.05) is 11.0 Å². The quantitative estimate of drug-likeness (QED) is 0.717. The van der Waals surface area contributed by atoms with E-state index in [1.165, 1.54) is 6.92 Å². The highest BCUT2D eigenvalue weighted by molar-refractivity contribution is 6.04. The summed E-state index contributed by atoms with van der Waals surface area (Å²) in [5.41, 5.74) is 1.04. The number of furan rings is 1. The number of rotatable bonds is 7. The molecule has 28 heavy (non-hydrogen) atoms. The van der Waals surface area contributed by atoms with Crippen LogP contribution in [-0.2, 0) is 16.1 Å². The highest BCUT2D eigenvalue weighted by Crippen LogP contribution is 2.19. The van der Waals surface area contributed by atoms with Crippen molar-refractivity contribution in [2.24, 2.45) is 5.92 Å². The van der Waals surface area contributed by atoms with Crippen molar-refractivity contribution >= 4 is 23.3 Å². The number of likely N-dealkylation sites (tertiary alicyclic amines) is 1. The third-order valence-electron chi connectivity index (χ3n) is 4.92. The molecular formula is C21H25N3O4. The number of carbonyl (C=O) groups is 3. The van der Waals surface area contributed by atoms with Crippen LogP contribution in [-0.4, -0.2) is 42.1 Å². The number of Topliss-reactive ketones (excluding diaryl/α,β-unsaturated/α-hetero) is 1. The number of nitrogens with zero attached hydrogens (tertiary/aromatic N) is 1. The summed E-state index contributed by atoms with van der Waals surface area (Å²) in [5, 5.41) is 5.72. The fraction of sp³-hybridized carbons (Fsp3) is 0.381. The number of nitrogens with one attached hydrogen (secondary N) is 2. The molecule has 7 nitrogen and oxygen atoms in total. The number of hydrogen-bond donors (Lipinski definition) is 2. The molecule has 1 aliphatic rings. The average molecular weight is 383 g/mol. The van der Waals surface area contributed by atoms with Gasteiger partial charge in [-0.3, -0.25) is 19.3 Å². The van der Waals surface area contributed by atoms with Crippen LogP contribution < -0.4 is 10.6 Å². The minimum absolute atomic E-state index is 0.0240. The van der Waals surface area contributed by atoms with E-state index < -0.39 is 0 Å². The van der Waals surface area contributed by atoms with Crippen molar-refractivity contribution in [2.45, 2.75) is 26.3 Å². The molecule has 0 bridgehead atoms. The van der Waals surface area contributed by atoms with E-state index in [1.54, 1.807) is 36.6 Å². The Morgan fingerprint density at radius 1 is 1.11 bits per heavy atom. The van der Waals surface area contributed by atoms with Gasteiger partial charge in [0.15, 0.2) is 5.78 Å². The summed E-state index contributed by atoms with van der Waals surface area (Å²) in [4.78, 5) is 38.3. The molecule has 0 atom stereocenters. The molecule has 148 valence electrons. The van der Waals surface area contributed by atoms with Crippen molar-refractivity contribution in [1.82, 2.24) is 10.2 Å². The van der Waals surface area contributed by atoms with Crippen LogP contribution in [0.4, 0.5) is 5.69 Å². The SMILES string of the molecule is CC(=O)c1ccccc1NC(=O)CN1CCC(C(=O)NCc2ccco2)CC1. The summed E-state index contributed by atoms with van der Waals surface area (Å²) in [5.74, 6) is 0.462. The first-order valence-electron chi connectivity index (χ1n) is 9.45. The van der Waals surface area contributed by atoms with Gasteiger partial charge in [0.25, 0.3) is 0 Å². The molecule has 0 saturated carbocycles. The molecule has 7 heteroatoms. The Morgan fingerprint density at radius 3 is 2.54 bits per heavy atom. The molecule has 1 aromatic carbocycles. The molecule has 0 radical (unpaired) electrons. The first kappa shape index (κ1) is 19.8. The summed E-state index contributed by atoms with van der Waals surface area (Å²) in [7, 11) is 0. The maximum Gasteiger partial charge on any atom is 0.238 e. The number of para-hydroxylation sites is 1. The van der Waals surface area contributed by atoms with Crippen LogP contribution in [0, 0.1) is 5.92 Å². The first-order valence-corrected chi connectivity index (χ1v) is 9.45. The second-order valence-corrected chi connectivity index (χ2v) is 7.00. The lowest BCUT2D eigenvalue weighted by Crippen LogP contribution is -2.43. The van der Waals surface area contributed by atoms with Gasteiger partial charge in [0.05, 0.1) is 25.0 Å². The maximum atomic E-state index is 12.4. The predicted octanol–water partition coefficient (Wildman–Crippen LogP) is 2.45. The highest BCUT2D eigenvalue weighted by atomic mass is 16.3. The van der Waals surface area contributed by atoms with Gasteiger partial charge in [-0.25, -0.2) is 0 Å². The van der Waals surface area contributed by atoms with Crippen molar-refractivity contribution < 1.29 is 18.8 Å². The number of anilines is 1. The van der Waals surface area contributed by atoms with Crippen molar-refractivity contribution in [1.29, 1.82) is 0 Å². The summed E-state index contributed by atoms with van der Waals surface area (Å²) in [6.07, 6.45) is 3.00. The van der Waals surface area contributed by atoms with Gasteiger partial charge in [-0.05, 0) is 57.1 Å². The second-order valence-electron chi connectivity index (χ2n) is 7.00. The standard InChI is InChI=1S/C21H25N3O4/c1-15(25)18-6-2-3-7-19(18)23-20(26)14-24-10-8-16(9-11-24)21(27)22-13-17-5-4-12-28-17/h2-7,12,16H,8-11,13-14H2,1H3,(H,22,27)(H,23,26). The molecule has 1 aliphatic heterocycles. The van der Waals surface area contributed by atoms with E-state index in [2.05, 4.69) is 10.6 Å². The van der Waals surface area contributed by atoms with Gasteiger partial charge in [0, 0.05) is 11.5 Å². The lowest BCUT2D eigenvalue weighted by atomic mass is 9.96. The van der Waals surface area contributed by atoms with Crippen LogP contribution in [0.25, 0.3) is 0 Å². The number of benzene rings is 1. The van der Waals surface area contributed by atoms with Gasteiger partial charge in [-0.1, -0.05) is 12.1 Å². The Hall–Kier alpha value is -2.93. The Morgan fingerprint density at radius 2 is 1.86 bits per heavy atom. The summed E-state index contributed by atoms with van der Waals surface area (Å²) in [6.45, 7) is 3.48. The largest absolute Gasteiger partial charge is 0.467 e. The number of carbonyl (C=O) groups excluding carboxylic acids is 3. The van der Waals surface area contributed by atoms with Crippen LogP contribution in [0.1, 0.15) is 35.9 Å². The van der Waals surface area contributed by atoms with E-state index in [9.17, 15) is 14.4 Å². The number of ketones is 1. The molecule has 2 heterocycles. The Labute approximate surface area is 164 Å². The predicted molar refractivity (Wildman–Crippen MR) is 105 cm³/mol. The average Bonchev–Trinajstić information content (AvgIpc) is 3.20. The van der Waals surface area contributed by atoms with Gasteiger partial charge in [-0.15, -0.1) is 0 Å². The minimum Gasteiger partial charge on any atom is -0.467 e. The van der Waals surface area contributed by atoms with Crippen molar-refractivity contribution in [2.75, 3.05) is 25.0 Å². The number of hydrogen-bond acceptors (Lipinski definition) is 5. The van der Waals surface area contributed by atoms with Crippen LogP contribution in [0.5, 0.6) is 0 Å². The summed E-state index contributed by atoms with van der Waals surface area (Å²) in [6, 6.07) is 10.6. The van der Waals surface area contributed by atoms with Gasteiger partial charge < -0.3 is 15.1 Å². The smallest absolute Gasteiger partial charge is 0.238 e. The molecule has 1 aromatic heterocycles. The van der Waals surface area contributed by atoms with Crippen molar-refractivity contribution in [3.63, 3.8) is 0 Å². The third-order valence-corrected chi connectivity index (χ3v) is 4.92. The van der Waals surface area contributed by atoms with Crippen LogP contribution in [0.15, 0.2) is 47.1 Å². The van der Waals surface area contributed by atoms with Crippen molar-refractivity contribution in [3.8, 4) is 0 Å². The van der Waals surface area contributed by atoms with Gasteiger partial charge in [-0.2, -0.15) is 0 Å². The Balaban J connectivity index is 1.43. The number of piperidine rings is 1. The lowest BCUT2D eigenvalue weighted by Gasteiger charge is -2.30. The van der Waals surface area contributed by atoms with Crippen LogP contribution in [0.2, 0.25) is 0 Å². The van der Waals surface area contributed by atoms with E-state index >= 15 is 0 Å². The van der Waals surface area contributed by atoms with E-state index in [0.29, 0.717) is 43.7 Å². The maximum absolute atomic E-state index is 12.4. The minimum atomic E-state index is -0.158. The number of amides is 2. The molecule has 0 spiro atoms. The van der Waals surface area contributed by atoms with Crippen LogP contribution in [0.3, 0.4) is 0 Å². The zero-order valence-corrected chi connectivity index (χ0v) is 15.9. The molecule has 0 aliphatic carbocycles. The van der Waals surface area contributed by atoms with Gasteiger partial charge in [0.2, 0.25) is 11.8 Å². The van der Waals surface area contributed by atoms with Gasteiger partial charge >= 0.3 is 0 Å². The molecule has 2 aromatic rings. The Kier molecular flexibility index (Phi) is 6.60. The van der Waals surface area contributed by atoms with E-state index in [-0.39, 0.29) is 30.1 Å². The third kappa shape index (κ3) is 5.29. The Bertz CT molecular complexity index is 824. The monoisotopic (exact) mass is 383 g/mol. The van der Waals surface area contributed by atoms with Gasteiger partial charge in [0.1, 0.15) is 5.76 Å². The lowest BCUT2D eigenvalue weighted by molar-refractivity contribution is -0.126. The summed E-state index contributed by atoms with van der Waals surface area (Å²) < 4.78 is 5.22. The fourth-order valence-electron chi connectivity index (χ4n) is 3.38. The fourth-order valence-corrected chi connectivity index (χ4v) is 3.38. The molecule has 1 saturated heterocycles. The normalized spacial score (nSPS) is 15.2. The van der Waals surface area contributed by atoms with E-state index in [0.717, 1.165) is 5.76 Å². The zero-order chi connectivity index (χ0) is 19.9. The summed E-state index contributed by atoms with van der Waals surface area (Å²) >= 11 is 0. The molecule has 3 rings (SSSR count). The topological polar surface area (TPSA) is 91.7 Å². The zero-order valence-electron chi connectivity index (χ0n) is 15.9. The van der Waals surface area contributed by atoms with Crippen molar-refractivity contribution in [3.05, 3.63) is 54.0 Å². The molecule has 2 amide bonds. The van der Waals surface area contributed by atoms with E-state index in [4.69, 9.17) is 4.42 Å².